The van der Waals surface area contributed by atoms with Crippen LogP contribution in [0.5, 0.6) is 0 Å². The number of rotatable bonds is 1. The van der Waals surface area contributed by atoms with Crippen molar-refractivity contribution in [3.05, 3.63) is 35.4 Å². The van der Waals surface area contributed by atoms with Crippen molar-refractivity contribution in [1.82, 2.24) is 5.32 Å². The molecule has 82 valence electrons. The number of hydrogen-bond donors (Lipinski definition) is 1. The Hall–Kier alpha value is -0.890. The van der Waals surface area contributed by atoms with Gasteiger partial charge in [0.25, 0.3) is 0 Å². The van der Waals surface area contributed by atoms with Crippen molar-refractivity contribution < 1.29 is 4.39 Å². The van der Waals surface area contributed by atoms with Crippen LogP contribution < -0.4 is 5.32 Å². The van der Waals surface area contributed by atoms with Crippen molar-refractivity contribution in [3.63, 3.8) is 0 Å². The Bertz CT molecular complexity index is 346. The molecule has 1 aliphatic rings. The summed E-state index contributed by atoms with van der Waals surface area (Å²) in [6.45, 7) is 5.31. The van der Waals surface area contributed by atoms with Crippen LogP contribution in [0.1, 0.15) is 30.4 Å². The van der Waals surface area contributed by atoms with Crippen LogP contribution in [0.2, 0.25) is 0 Å². The normalized spacial score (nSPS) is 31.5. The van der Waals surface area contributed by atoms with Crippen LogP contribution in [-0.2, 0) is 0 Å². The van der Waals surface area contributed by atoms with Gasteiger partial charge in [0.1, 0.15) is 5.67 Å². The molecule has 2 atom stereocenters. The van der Waals surface area contributed by atoms with E-state index in [4.69, 9.17) is 0 Å². The second kappa shape index (κ2) is 3.93. The first-order valence-corrected chi connectivity index (χ1v) is 5.56. The zero-order valence-corrected chi connectivity index (χ0v) is 9.39. The van der Waals surface area contributed by atoms with E-state index >= 15 is 0 Å². The minimum atomic E-state index is -1.07. The summed E-state index contributed by atoms with van der Waals surface area (Å²) in [5.74, 6) is -0.00819. The number of aryl methyl sites for hydroxylation is 1. The Morgan fingerprint density at radius 1 is 1.47 bits per heavy atom. The number of alkyl halides is 1. The maximum Gasteiger partial charge on any atom is 0.117 e. The van der Waals surface area contributed by atoms with Gasteiger partial charge in [0.2, 0.25) is 0 Å². The molecule has 2 heteroatoms. The standard InChI is InChI=1S/C13H18FN/c1-10-4-3-5-11(8-10)12-9-15-7-6-13(12,2)14/h3-5,8,12,15H,6-7,9H2,1-2H3. The lowest BCUT2D eigenvalue weighted by atomic mass is 9.80. The summed E-state index contributed by atoms with van der Waals surface area (Å²) in [6, 6.07) is 8.18. The fourth-order valence-electron chi connectivity index (χ4n) is 2.32. The molecule has 0 amide bonds. The highest BCUT2D eigenvalue weighted by atomic mass is 19.1. The lowest BCUT2D eigenvalue weighted by Crippen LogP contribution is -2.43. The maximum atomic E-state index is 14.3. The van der Waals surface area contributed by atoms with Gasteiger partial charge in [-0.2, -0.15) is 0 Å². The van der Waals surface area contributed by atoms with Gasteiger partial charge in [-0.15, -0.1) is 0 Å². The second-order valence-corrected chi connectivity index (χ2v) is 4.70. The van der Waals surface area contributed by atoms with E-state index < -0.39 is 5.67 Å². The highest BCUT2D eigenvalue weighted by molar-refractivity contribution is 5.28. The minimum absolute atomic E-state index is 0.00819. The molecule has 1 saturated heterocycles. The monoisotopic (exact) mass is 207 g/mol. The molecule has 0 bridgehead atoms. The maximum absolute atomic E-state index is 14.3. The smallest absolute Gasteiger partial charge is 0.117 e. The molecule has 1 nitrogen and oxygen atoms in total. The molecular weight excluding hydrogens is 189 g/mol. The van der Waals surface area contributed by atoms with Crippen LogP contribution in [0.15, 0.2) is 24.3 Å². The Morgan fingerprint density at radius 3 is 2.93 bits per heavy atom. The van der Waals surface area contributed by atoms with E-state index in [1.54, 1.807) is 6.92 Å². The van der Waals surface area contributed by atoms with Gasteiger partial charge < -0.3 is 5.32 Å². The lowest BCUT2D eigenvalue weighted by molar-refractivity contribution is 0.110. The summed E-state index contributed by atoms with van der Waals surface area (Å²) in [5, 5.41) is 3.27. The first kappa shape index (κ1) is 10.6. The van der Waals surface area contributed by atoms with Crippen molar-refractivity contribution in [2.75, 3.05) is 13.1 Å². The van der Waals surface area contributed by atoms with Crippen LogP contribution in [0.25, 0.3) is 0 Å². The molecule has 0 spiro atoms. The van der Waals surface area contributed by atoms with Gasteiger partial charge in [0.15, 0.2) is 0 Å². The second-order valence-electron chi connectivity index (χ2n) is 4.70. The number of piperidine rings is 1. The summed E-state index contributed by atoms with van der Waals surface area (Å²) in [6.07, 6.45) is 0.603. The van der Waals surface area contributed by atoms with Gasteiger partial charge in [-0.25, -0.2) is 4.39 Å². The molecule has 2 unspecified atom stereocenters. The molecule has 1 aliphatic heterocycles. The molecule has 1 heterocycles. The molecular formula is C13H18FN. The third kappa shape index (κ3) is 2.20. The molecule has 1 aromatic rings. The van der Waals surface area contributed by atoms with E-state index in [1.165, 1.54) is 5.56 Å². The third-order valence-corrected chi connectivity index (χ3v) is 3.31. The predicted octanol–water partition coefficient (Wildman–Crippen LogP) is 2.80. The van der Waals surface area contributed by atoms with Crippen LogP contribution >= 0.6 is 0 Å². The Morgan fingerprint density at radius 2 is 2.27 bits per heavy atom. The first-order chi connectivity index (χ1) is 7.09. The average molecular weight is 207 g/mol. The van der Waals surface area contributed by atoms with Crippen LogP contribution in [0.4, 0.5) is 4.39 Å². The van der Waals surface area contributed by atoms with E-state index in [-0.39, 0.29) is 5.92 Å². The molecule has 15 heavy (non-hydrogen) atoms. The lowest BCUT2D eigenvalue weighted by Gasteiger charge is -2.35. The van der Waals surface area contributed by atoms with Gasteiger partial charge in [-0.1, -0.05) is 29.8 Å². The Kier molecular flexibility index (Phi) is 2.79. The van der Waals surface area contributed by atoms with E-state index in [0.717, 1.165) is 18.7 Å². The van der Waals surface area contributed by atoms with E-state index in [2.05, 4.69) is 24.4 Å². The van der Waals surface area contributed by atoms with E-state index in [0.29, 0.717) is 6.42 Å². The summed E-state index contributed by atoms with van der Waals surface area (Å²) in [4.78, 5) is 0. The topological polar surface area (TPSA) is 12.0 Å². The molecule has 2 rings (SSSR count). The molecule has 0 aliphatic carbocycles. The summed E-state index contributed by atoms with van der Waals surface area (Å²) >= 11 is 0. The van der Waals surface area contributed by atoms with Crippen LogP contribution in [-0.4, -0.2) is 18.8 Å². The predicted molar refractivity (Wildman–Crippen MR) is 60.9 cm³/mol. The molecule has 1 aromatic carbocycles. The largest absolute Gasteiger partial charge is 0.316 e. The Labute approximate surface area is 90.7 Å². The van der Waals surface area contributed by atoms with Gasteiger partial charge in [-0.05, 0) is 32.4 Å². The molecule has 1 N–H and O–H groups in total. The zero-order chi connectivity index (χ0) is 10.9. The summed E-state index contributed by atoms with van der Waals surface area (Å²) in [7, 11) is 0. The Balaban J connectivity index is 2.29. The van der Waals surface area contributed by atoms with Crippen molar-refractivity contribution >= 4 is 0 Å². The molecule has 1 fully saturated rings. The molecule has 0 saturated carbocycles. The van der Waals surface area contributed by atoms with Crippen molar-refractivity contribution in [2.24, 2.45) is 0 Å². The van der Waals surface area contributed by atoms with E-state index in [1.807, 2.05) is 12.1 Å². The first-order valence-electron chi connectivity index (χ1n) is 5.56. The highest BCUT2D eigenvalue weighted by Crippen LogP contribution is 2.36. The molecule has 0 radical (unpaired) electrons. The van der Waals surface area contributed by atoms with Gasteiger partial charge in [0, 0.05) is 12.5 Å². The fourth-order valence-corrected chi connectivity index (χ4v) is 2.32. The van der Waals surface area contributed by atoms with Gasteiger partial charge >= 0.3 is 0 Å². The van der Waals surface area contributed by atoms with Crippen molar-refractivity contribution in [2.45, 2.75) is 31.9 Å². The average Bonchev–Trinajstić information content (AvgIpc) is 2.17. The fraction of sp³-hybridized carbons (Fsp3) is 0.538. The summed E-state index contributed by atoms with van der Waals surface area (Å²) < 4.78 is 14.3. The minimum Gasteiger partial charge on any atom is -0.316 e. The summed E-state index contributed by atoms with van der Waals surface area (Å²) in [5.41, 5.74) is 1.25. The SMILES string of the molecule is Cc1cccc(C2CNCCC2(C)F)c1. The number of benzene rings is 1. The molecule has 0 aromatic heterocycles. The van der Waals surface area contributed by atoms with Crippen LogP contribution in [0, 0.1) is 6.92 Å². The zero-order valence-electron chi connectivity index (χ0n) is 9.39. The highest BCUT2D eigenvalue weighted by Gasteiger charge is 2.37. The number of halogens is 1. The van der Waals surface area contributed by atoms with Crippen LogP contribution in [0.3, 0.4) is 0 Å². The van der Waals surface area contributed by atoms with Gasteiger partial charge in [0.05, 0.1) is 0 Å². The third-order valence-electron chi connectivity index (χ3n) is 3.31. The van der Waals surface area contributed by atoms with Gasteiger partial charge in [-0.3, -0.25) is 0 Å². The quantitative estimate of drug-likeness (QED) is 0.746. The van der Waals surface area contributed by atoms with Crippen molar-refractivity contribution in [1.29, 1.82) is 0 Å². The number of hydrogen-bond acceptors (Lipinski definition) is 1. The van der Waals surface area contributed by atoms with Crippen molar-refractivity contribution in [3.8, 4) is 0 Å². The number of nitrogens with one attached hydrogen (secondary N) is 1. The van der Waals surface area contributed by atoms with E-state index in [9.17, 15) is 4.39 Å².